The average Bonchev–Trinajstić information content (AvgIpc) is 2.97. The van der Waals surface area contributed by atoms with Crippen molar-refractivity contribution in [3.63, 3.8) is 0 Å². The third kappa shape index (κ3) is 3.21. The lowest BCUT2D eigenvalue weighted by Gasteiger charge is -2.18. The van der Waals surface area contributed by atoms with Crippen molar-refractivity contribution in [2.45, 2.75) is 51.5 Å². The van der Waals surface area contributed by atoms with Crippen molar-refractivity contribution in [1.29, 1.82) is 0 Å². The largest absolute Gasteiger partial charge is 0.343 e. The zero-order chi connectivity index (χ0) is 11.4. The Kier molecular flexibility index (Phi) is 4.22. The molecule has 0 bridgehead atoms. The van der Waals surface area contributed by atoms with E-state index in [4.69, 9.17) is 0 Å². The van der Waals surface area contributed by atoms with Gasteiger partial charge in [0.15, 0.2) is 0 Å². The highest BCUT2D eigenvalue weighted by molar-refractivity contribution is 5.76. The van der Waals surface area contributed by atoms with Crippen LogP contribution in [0.4, 0.5) is 0 Å². The van der Waals surface area contributed by atoms with Crippen molar-refractivity contribution in [2.75, 3.05) is 19.6 Å². The van der Waals surface area contributed by atoms with Crippen molar-refractivity contribution < 1.29 is 4.79 Å². The summed E-state index contributed by atoms with van der Waals surface area (Å²) in [4.78, 5) is 13.8. The molecule has 1 amide bonds. The summed E-state index contributed by atoms with van der Waals surface area (Å²) in [7, 11) is 0. The van der Waals surface area contributed by atoms with Gasteiger partial charge in [-0.25, -0.2) is 0 Å². The molecule has 2 rings (SSSR count). The number of likely N-dealkylation sites (tertiary alicyclic amines) is 1. The van der Waals surface area contributed by atoms with Crippen LogP contribution in [0.15, 0.2) is 0 Å². The number of rotatable bonds is 6. The second-order valence-electron chi connectivity index (χ2n) is 5.14. The summed E-state index contributed by atoms with van der Waals surface area (Å²) in [6.07, 6.45) is 7.03. The second-order valence-corrected chi connectivity index (χ2v) is 5.14. The van der Waals surface area contributed by atoms with E-state index in [1.165, 1.54) is 32.1 Å². The molecule has 16 heavy (non-hydrogen) atoms. The first-order valence-corrected chi connectivity index (χ1v) is 6.82. The highest BCUT2D eigenvalue weighted by Gasteiger charge is 2.29. The summed E-state index contributed by atoms with van der Waals surface area (Å²) in [5.41, 5.74) is 0. The molecule has 1 aliphatic carbocycles. The maximum absolute atomic E-state index is 11.8. The van der Waals surface area contributed by atoms with E-state index in [9.17, 15) is 4.79 Å². The highest BCUT2D eigenvalue weighted by atomic mass is 16.2. The van der Waals surface area contributed by atoms with Gasteiger partial charge in [-0.05, 0) is 38.0 Å². The van der Waals surface area contributed by atoms with Crippen LogP contribution < -0.4 is 5.32 Å². The Morgan fingerprint density at radius 3 is 2.62 bits per heavy atom. The van der Waals surface area contributed by atoms with Crippen LogP contribution in [0.2, 0.25) is 0 Å². The lowest BCUT2D eigenvalue weighted by Crippen LogP contribution is -2.35. The molecule has 0 aromatic heterocycles. The molecule has 3 heteroatoms. The van der Waals surface area contributed by atoms with Crippen molar-refractivity contribution in [3.8, 4) is 0 Å². The maximum Gasteiger partial charge on any atom is 0.223 e. The van der Waals surface area contributed by atoms with Crippen LogP contribution in [-0.4, -0.2) is 36.5 Å². The summed E-state index contributed by atoms with van der Waals surface area (Å²) in [6, 6.07) is 0.659. The molecule has 1 N–H and O–H groups in total. The Morgan fingerprint density at radius 1 is 1.38 bits per heavy atom. The van der Waals surface area contributed by atoms with E-state index >= 15 is 0 Å². The van der Waals surface area contributed by atoms with E-state index in [-0.39, 0.29) is 0 Å². The maximum atomic E-state index is 11.8. The molecule has 92 valence electrons. The molecule has 1 aliphatic heterocycles. The van der Waals surface area contributed by atoms with Crippen LogP contribution in [0.5, 0.6) is 0 Å². The quantitative estimate of drug-likeness (QED) is 0.746. The van der Waals surface area contributed by atoms with Gasteiger partial charge in [0, 0.05) is 32.1 Å². The summed E-state index contributed by atoms with van der Waals surface area (Å²) >= 11 is 0. The minimum Gasteiger partial charge on any atom is -0.343 e. The molecule has 1 unspecified atom stereocenters. The Labute approximate surface area is 98.6 Å². The van der Waals surface area contributed by atoms with Gasteiger partial charge >= 0.3 is 0 Å². The summed E-state index contributed by atoms with van der Waals surface area (Å²) in [6.45, 7) is 5.07. The fraction of sp³-hybridized carbons (Fsp3) is 0.923. The van der Waals surface area contributed by atoms with Crippen LogP contribution in [0.25, 0.3) is 0 Å². The number of hydrogen-bond acceptors (Lipinski definition) is 2. The van der Waals surface area contributed by atoms with Gasteiger partial charge in [-0.1, -0.05) is 6.92 Å². The van der Waals surface area contributed by atoms with Crippen LogP contribution in [0, 0.1) is 5.92 Å². The lowest BCUT2D eigenvalue weighted by atomic mass is 10.1. The van der Waals surface area contributed by atoms with Gasteiger partial charge in [0.05, 0.1) is 0 Å². The summed E-state index contributed by atoms with van der Waals surface area (Å²) < 4.78 is 0. The summed E-state index contributed by atoms with van der Waals surface area (Å²) in [5.74, 6) is 1.24. The minimum atomic E-state index is 0.343. The van der Waals surface area contributed by atoms with E-state index in [1.807, 2.05) is 4.90 Å². The standard InChI is InChI=1S/C13H24N2O/c1-2-12(11-5-6-11)14-8-7-13(16)15-9-3-4-10-15/h11-12,14H,2-10H2,1H3. The molecule has 0 spiro atoms. The third-order valence-electron chi connectivity index (χ3n) is 3.84. The first-order valence-electron chi connectivity index (χ1n) is 6.82. The van der Waals surface area contributed by atoms with Gasteiger partial charge in [0.25, 0.3) is 0 Å². The molecule has 2 fully saturated rings. The van der Waals surface area contributed by atoms with Crippen LogP contribution in [-0.2, 0) is 4.79 Å². The van der Waals surface area contributed by atoms with Gasteiger partial charge in [0.1, 0.15) is 0 Å². The number of nitrogens with one attached hydrogen (secondary N) is 1. The van der Waals surface area contributed by atoms with E-state index in [0.717, 1.165) is 25.6 Å². The molecule has 1 heterocycles. The minimum absolute atomic E-state index is 0.343. The lowest BCUT2D eigenvalue weighted by molar-refractivity contribution is -0.130. The summed E-state index contributed by atoms with van der Waals surface area (Å²) in [5, 5.41) is 3.54. The second kappa shape index (κ2) is 5.67. The van der Waals surface area contributed by atoms with Gasteiger partial charge in [-0.2, -0.15) is 0 Å². The zero-order valence-corrected chi connectivity index (χ0v) is 10.4. The molecule has 2 aliphatic rings. The monoisotopic (exact) mass is 224 g/mol. The number of carbonyl (C=O) groups excluding carboxylic acids is 1. The van der Waals surface area contributed by atoms with Crippen molar-refractivity contribution in [3.05, 3.63) is 0 Å². The fourth-order valence-electron chi connectivity index (χ4n) is 2.63. The molecule has 0 aromatic rings. The first-order chi connectivity index (χ1) is 7.81. The molecule has 0 radical (unpaired) electrons. The number of carbonyl (C=O) groups is 1. The van der Waals surface area contributed by atoms with E-state index < -0.39 is 0 Å². The molecular weight excluding hydrogens is 200 g/mol. The smallest absolute Gasteiger partial charge is 0.223 e. The average molecular weight is 224 g/mol. The SMILES string of the molecule is CCC(NCCC(=O)N1CCCC1)C1CC1. The molecule has 3 nitrogen and oxygen atoms in total. The van der Waals surface area contributed by atoms with Gasteiger partial charge < -0.3 is 10.2 Å². The van der Waals surface area contributed by atoms with E-state index in [0.29, 0.717) is 18.4 Å². The topological polar surface area (TPSA) is 32.3 Å². The van der Waals surface area contributed by atoms with E-state index in [1.54, 1.807) is 0 Å². The number of amides is 1. The van der Waals surface area contributed by atoms with Crippen LogP contribution in [0.1, 0.15) is 45.4 Å². The van der Waals surface area contributed by atoms with Gasteiger partial charge in [0.2, 0.25) is 5.91 Å². The van der Waals surface area contributed by atoms with Gasteiger partial charge in [-0.3, -0.25) is 4.79 Å². The fourth-order valence-corrected chi connectivity index (χ4v) is 2.63. The molecule has 1 saturated carbocycles. The zero-order valence-electron chi connectivity index (χ0n) is 10.4. The molecule has 1 atom stereocenters. The Morgan fingerprint density at radius 2 is 2.06 bits per heavy atom. The predicted molar refractivity (Wildman–Crippen MR) is 65.2 cm³/mol. The predicted octanol–water partition coefficient (Wildman–Crippen LogP) is 1.78. The number of nitrogens with zero attached hydrogens (tertiary/aromatic N) is 1. The Balaban J connectivity index is 1.60. The molecule has 0 aromatic carbocycles. The molecule has 1 saturated heterocycles. The van der Waals surface area contributed by atoms with Crippen molar-refractivity contribution in [2.24, 2.45) is 5.92 Å². The third-order valence-corrected chi connectivity index (χ3v) is 3.84. The van der Waals surface area contributed by atoms with Crippen LogP contribution >= 0.6 is 0 Å². The first kappa shape index (κ1) is 11.9. The number of hydrogen-bond donors (Lipinski definition) is 1. The normalized spacial score (nSPS) is 22.4. The highest BCUT2D eigenvalue weighted by Crippen LogP contribution is 2.33. The van der Waals surface area contributed by atoms with Crippen molar-refractivity contribution >= 4 is 5.91 Å². The molecular formula is C13H24N2O. The van der Waals surface area contributed by atoms with E-state index in [2.05, 4.69) is 12.2 Å². The Bertz CT molecular complexity index is 232. The van der Waals surface area contributed by atoms with Gasteiger partial charge in [-0.15, -0.1) is 0 Å². The van der Waals surface area contributed by atoms with Crippen LogP contribution in [0.3, 0.4) is 0 Å². The Hall–Kier alpha value is -0.570. The van der Waals surface area contributed by atoms with Crippen molar-refractivity contribution in [1.82, 2.24) is 10.2 Å².